The lowest BCUT2D eigenvalue weighted by Gasteiger charge is -2.13. The highest BCUT2D eigenvalue weighted by molar-refractivity contribution is 7.92. The minimum Gasteiger partial charge on any atom is -0.494 e. The van der Waals surface area contributed by atoms with Crippen LogP contribution in [0.25, 0.3) is 0 Å². The Kier molecular flexibility index (Phi) is 6.97. The number of amides is 1. The fourth-order valence-corrected chi connectivity index (χ4v) is 4.38. The summed E-state index contributed by atoms with van der Waals surface area (Å²) in [6.07, 6.45) is 0. The van der Waals surface area contributed by atoms with E-state index in [1.165, 1.54) is 18.2 Å². The van der Waals surface area contributed by atoms with E-state index < -0.39 is 15.9 Å². The molecule has 0 unspecified atom stereocenters. The van der Waals surface area contributed by atoms with Crippen molar-refractivity contribution < 1.29 is 17.9 Å². The monoisotopic (exact) mass is 444 g/mol. The molecule has 0 saturated heterocycles. The third kappa shape index (κ3) is 5.31. The summed E-state index contributed by atoms with van der Waals surface area (Å²) in [4.78, 5) is 12.5. The minimum absolute atomic E-state index is 0.0247. The zero-order chi connectivity index (χ0) is 21.6. The van der Waals surface area contributed by atoms with Gasteiger partial charge >= 0.3 is 0 Å². The number of anilines is 1. The fourth-order valence-electron chi connectivity index (χ4n) is 2.79. The van der Waals surface area contributed by atoms with Gasteiger partial charge in [-0.05, 0) is 43.3 Å². The quantitative estimate of drug-likeness (QED) is 0.536. The summed E-state index contributed by atoms with van der Waals surface area (Å²) >= 11 is 6.11. The number of sulfonamides is 1. The van der Waals surface area contributed by atoms with E-state index in [0.29, 0.717) is 18.0 Å². The molecule has 0 saturated carbocycles. The zero-order valence-corrected chi connectivity index (χ0v) is 17.8. The molecule has 0 heterocycles. The average molecular weight is 445 g/mol. The Balaban J connectivity index is 1.78. The Labute approximate surface area is 180 Å². The molecule has 0 atom stereocenters. The normalized spacial score (nSPS) is 11.0. The largest absolute Gasteiger partial charge is 0.494 e. The van der Waals surface area contributed by atoms with E-state index in [0.717, 1.165) is 5.56 Å². The SMILES string of the molecule is CCOc1ccccc1CNC(=O)c1ccc(Cl)c(S(=O)(=O)Nc2ccccc2)c1. The van der Waals surface area contributed by atoms with Gasteiger partial charge in [0.2, 0.25) is 0 Å². The van der Waals surface area contributed by atoms with Crippen LogP contribution in [0.3, 0.4) is 0 Å². The summed E-state index contributed by atoms with van der Waals surface area (Å²) in [7, 11) is -3.96. The van der Waals surface area contributed by atoms with Crippen molar-refractivity contribution in [1.82, 2.24) is 5.32 Å². The Morgan fingerprint density at radius 3 is 2.43 bits per heavy atom. The second kappa shape index (κ2) is 9.65. The van der Waals surface area contributed by atoms with E-state index in [-0.39, 0.29) is 22.0 Å². The van der Waals surface area contributed by atoms with Gasteiger partial charge in [0, 0.05) is 23.4 Å². The first-order valence-corrected chi connectivity index (χ1v) is 11.1. The van der Waals surface area contributed by atoms with Crippen molar-refractivity contribution in [2.24, 2.45) is 0 Å². The molecule has 6 nitrogen and oxygen atoms in total. The van der Waals surface area contributed by atoms with Gasteiger partial charge in [-0.25, -0.2) is 8.42 Å². The lowest BCUT2D eigenvalue weighted by atomic mass is 10.1. The van der Waals surface area contributed by atoms with Crippen LogP contribution in [0, 0.1) is 0 Å². The lowest BCUT2D eigenvalue weighted by Crippen LogP contribution is -2.24. The highest BCUT2D eigenvalue weighted by Crippen LogP contribution is 2.25. The molecule has 3 aromatic rings. The number of ether oxygens (including phenoxy) is 1. The third-order valence-electron chi connectivity index (χ3n) is 4.22. The summed E-state index contributed by atoms with van der Waals surface area (Å²) in [6.45, 7) is 2.63. The number of halogens is 1. The molecule has 30 heavy (non-hydrogen) atoms. The average Bonchev–Trinajstić information content (AvgIpc) is 2.73. The predicted molar refractivity (Wildman–Crippen MR) is 117 cm³/mol. The van der Waals surface area contributed by atoms with Crippen LogP contribution in [0.4, 0.5) is 5.69 Å². The fraction of sp³-hybridized carbons (Fsp3) is 0.136. The maximum absolute atomic E-state index is 12.7. The number of hydrogen-bond donors (Lipinski definition) is 2. The predicted octanol–water partition coefficient (Wildman–Crippen LogP) is 4.47. The van der Waals surface area contributed by atoms with Crippen LogP contribution >= 0.6 is 11.6 Å². The molecule has 1 amide bonds. The number of benzene rings is 3. The summed E-state index contributed by atoms with van der Waals surface area (Å²) in [5.41, 5.74) is 1.40. The van der Waals surface area contributed by atoms with Crippen molar-refractivity contribution in [2.75, 3.05) is 11.3 Å². The van der Waals surface area contributed by atoms with Crippen molar-refractivity contribution >= 4 is 33.2 Å². The topological polar surface area (TPSA) is 84.5 Å². The Morgan fingerprint density at radius 2 is 1.70 bits per heavy atom. The molecule has 0 aromatic heterocycles. The van der Waals surface area contributed by atoms with E-state index in [2.05, 4.69) is 10.0 Å². The number of nitrogens with one attached hydrogen (secondary N) is 2. The van der Waals surface area contributed by atoms with E-state index in [1.54, 1.807) is 30.3 Å². The zero-order valence-electron chi connectivity index (χ0n) is 16.3. The van der Waals surface area contributed by atoms with Gasteiger partial charge < -0.3 is 10.1 Å². The van der Waals surface area contributed by atoms with Crippen molar-refractivity contribution in [3.63, 3.8) is 0 Å². The van der Waals surface area contributed by atoms with Crippen LogP contribution < -0.4 is 14.8 Å². The van der Waals surface area contributed by atoms with Gasteiger partial charge in [-0.3, -0.25) is 9.52 Å². The standard InChI is InChI=1S/C22H21ClN2O4S/c1-2-29-20-11-7-6-8-17(20)15-24-22(26)16-12-13-19(23)21(14-16)30(27,28)25-18-9-4-3-5-10-18/h3-14,25H,2,15H2,1H3,(H,24,26). The maximum Gasteiger partial charge on any atom is 0.263 e. The van der Waals surface area contributed by atoms with Crippen molar-refractivity contribution in [3.05, 3.63) is 88.9 Å². The molecule has 0 aliphatic rings. The van der Waals surface area contributed by atoms with Gasteiger partial charge in [-0.15, -0.1) is 0 Å². The van der Waals surface area contributed by atoms with Gasteiger partial charge in [-0.1, -0.05) is 48.0 Å². The summed E-state index contributed by atoms with van der Waals surface area (Å²) in [5.74, 6) is 0.265. The van der Waals surface area contributed by atoms with Gasteiger partial charge in [-0.2, -0.15) is 0 Å². The second-order valence-electron chi connectivity index (χ2n) is 6.34. The van der Waals surface area contributed by atoms with Crippen LogP contribution in [-0.4, -0.2) is 20.9 Å². The van der Waals surface area contributed by atoms with E-state index in [1.807, 2.05) is 31.2 Å². The molecular weight excluding hydrogens is 424 g/mol. The number of rotatable bonds is 8. The molecule has 8 heteroatoms. The Hall–Kier alpha value is -3.03. The first-order chi connectivity index (χ1) is 14.4. The van der Waals surface area contributed by atoms with Crippen LogP contribution in [0.15, 0.2) is 77.7 Å². The molecule has 0 aliphatic carbocycles. The summed E-state index contributed by atoms with van der Waals surface area (Å²) in [5, 5.41) is 2.81. The Bertz CT molecular complexity index is 1130. The van der Waals surface area contributed by atoms with E-state index in [4.69, 9.17) is 16.3 Å². The molecule has 3 rings (SSSR count). The smallest absolute Gasteiger partial charge is 0.263 e. The summed E-state index contributed by atoms with van der Waals surface area (Å²) < 4.78 is 33.5. The Morgan fingerprint density at radius 1 is 1.00 bits per heavy atom. The van der Waals surface area contributed by atoms with Crippen molar-refractivity contribution in [1.29, 1.82) is 0 Å². The number of carbonyl (C=O) groups excluding carboxylic acids is 1. The summed E-state index contributed by atoms with van der Waals surface area (Å²) in [6, 6.07) is 20.0. The highest BCUT2D eigenvalue weighted by Gasteiger charge is 2.20. The molecule has 3 aromatic carbocycles. The van der Waals surface area contributed by atoms with Gasteiger partial charge in [0.25, 0.3) is 15.9 Å². The number of para-hydroxylation sites is 2. The van der Waals surface area contributed by atoms with Gasteiger partial charge in [0.05, 0.1) is 11.6 Å². The molecule has 0 radical (unpaired) electrons. The van der Waals surface area contributed by atoms with E-state index >= 15 is 0 Å². The number of carbonyl (C=O) groups is 1. The van der Waals surface area contributed by atoms with Crippen LogP contribution in [0.1, 0.15) is 22.8 Å². The van der Waals surface area contributed by atoms with Crippen molar-refractivity contribution in [3.8, 4) is 5.75 Å². The first kappa shape index (κ1) is 21.7. The minimum atomic E-state index is -3.96. The van der Waals surface area contributed by atoms with Gasteiger partial charge in [0.15, 0.2) is 0 Å². The number of hydrogen-bond acceptors (Lipinski definition) is 4. The third-order valence-corrected chi connectivity index (χ3v) is 6.08. The molecule has 2 N–H and O–H groups in total. The molecule has 0 fully saturated rings. The van der Waals surface area contributed by atoms with Crippen LogP contribution in [-0.2, 0) is 16.6 Å². The lowest BCUT2D eigenvalue weighted by molar-refractivity contribution is 0.0950. The second-order valence-corrected chi connectivity index (χ2v) is 8.40. The van der Waals surface area contributed by atoms with Crippen molar-refractivity contribution in [2.45, 2.75) is 18.4 Å². The first-order valence-electron chi connectivity index (χ1n) is 9.27. The van der Waals surface area contributed by atoms with E-state index in [9.17, 15) is 13.2 Å². The van der Waals surface area contributed by atoms with Crippen LogP contribution in [0.2, 0.25) is 5.02 Å². The molecule has 156 valence electrons. The maximum atomic E-state index is 12.7. The molecular formula is C22H21ClN2O4S. The molecule has 0 aliphatic heterocycles. The van der Waals surface area contributed by atoms with Crippen LogP contribution in [0.5, 0.6) is 5.75 Å². The molecule has 0 bridgehead atoms. The molecule has 0 spiro atoms. The van der Waals surface area contributed by atoms with Gasteiger partial charge in [0.1, 0.15) is 10.6 Å². The highest BCUT2D eigenvalue weighted by atomic mass is 35.5.